The first-order chi connectivity index (χ1) is 8.08. The van der Waals surface area contributed by atoms with Gasteiger partial charge in [-0.3, -0.25) is 4.79 Å². The van der Waals surface area contributed by atoms with E-state index in [1.165, 1.54) is 7.11 Å². The van der Waals surface area contributed by atoms with Crippen molar-refractivity contribution in [2.75, 3.05) is 26.1 Å². The highest BCUT2D eigenvalue weighted by Gasteiger charge is 2.07. The van der Waals surface area contributed by atoms with Gasteiger partial charge in [0.2, 0.25) is 0 Å². The number of carbonyl (C=O) groups is 1. The van der Waals surface area contributed by atoms with Crippen molar-refractivity contribution in [3.63, 3.8) is 0 Å². The summed E-state index contributed by atoms with van der Waals surface area (Å²) in [5.41, 5.74) is 3.14. The quantitative estimate of drug-likeness (QED) is 0.798. The Kier molecular flexibility index (Phi) is 4.82. The molecule has 0 unspecified atom stereocenters. The van der Waals surface area contributed by atoms with Crippen molar-refractivity contribution in [3.8, 4) is 5.75 Å². The van der Waals surface area contributed by atoms with Gasteiger partial charge in [-0.25, -0.2) is 0 Å². The number of carbonyl (C=O) groups excluding carboxylic acids is 1. The van der Waals surface area contributed by atoms with Gasteiger partial charge in [0.15, 0.2) is 0 Å². The summed E-state index contributed by atoms with van der Waals surface area (Å²) in [6.45, 7) is 4.56. The van der Waals surface area contributed by atoms with Crippen molar-refractivity contribution >= 4 is 11.7 Å². The van der Waals surface area contributed by atoms with E-state index < -0.39 is 0 Å². The highest BCUT2D eigenvalue weighted by atomic mass is 16.5. The van der Waals surface area contributed by atoms with E-state index in [9.17, 15) is 4.79 Å². The topological polar surface area (TPSA) is 47.6 Å². The summed E-state index contributed by atoms with van der Waals surface area (Å²) in [5, 5.41) is 3.19. The normalized spacial score (nSPS) is 9.88. The molecule has 0 heterocycles. The van der Waals surface area contributed by atoms with Crippen LogP contribution in [0.25, 0.3) is 0 Å². The van der Waals surface area contributed by atoms with Crippen LogP contribution >= 0.6 is 0 Å². The van der Waals surface area contributed by atoms with E-state index in [2.05, 4.69) is 16.1 Å². The summed E-state index contributed by atoms with van der Waals surface area (Å²) in [4.78, 5) is 11.0. The van der Waals surface area contributed by atoms with E-state index in [0.29, 0.717) is 13.0 Å². The molecule has 0 aliphatic heterocycles. The maximum atomic E-state index is 11.0. The monoisotopic (exact) mass is 237 g/mol. The van der Waals surface area contributed by atoms with Gasteiger partial charge >= 0.3 is 5.97 Å². The highest BCUT2D eigenvalue weighted by Crippen LogP contribution is 2.29. The van der Waals surface area contributed by atoms with Gasteiger partial charge in [-0.15, -0.1) is 0 Å². The standard InChI is InChI=1S/C13H19NO3/c1-9-7-10(2)13(17-4)11(8-9)14-6-5-12(15)16-3/h7-8,14H,5-6H2,1-4H3. The van der Waals surface area contributed by atoms with Crippen LogP contribution in [0.2, 0.25) is 0 Å². The molecule has 17 heavy (non-hydrogen) atoms. The van der Waals surface area contributed by atoms with Crippen molar-refractivity contribution in [2.24, 2.45) is 0 Å². The van der Waals surface area contributed by atoms with E-state index in [1.54, 1.807) is 7.11 Å². The van der Waals surface area contributed by atoms with Crippen molar-refractivity contribution < 1.29 is 14.3 Å². The number of nitrogens with one attached hydrogen (secondary N) is 1. The molecular weight excluding hydrogens is 218 g/mol. The fraction of sp³-hybridized carbons (Fsp3) is 0.462. The zero-order chi connectivity index (χ0) is 12.8. The third kappa shape index (κ3) is 3.66. The third-order valence-electron chi connectivity index (χ3n) is 2.50. The number of benzene rings is 1. The van der Waals surface area contributed by atoms with Crippen molar-refractivity contribution in [1.29, 1.82) is 0 Å². The molecule has 1 aromatic carbocycles. The van der Waals surface area contributed by atoms with Crippen LogP contribution in [0.5, 0.6) is 5.75 Å². The first-order valence-electron chi connectivity index (χ1n) is 5.54. The summed E-state index contributed by atoms with van der Waals surface area (Å²) in [7, 11) is 3.03. The maximum absolute atomic E-state index is 11.0. The fourth-order valence-electron chi connectivity index (χ4n) is 1.76. The molecule has 0 saturated heterocycles. The molecule has 94 valence electrons. The summed E-state index contributed by atoms with van der Waals surface area (Å²) < 4.78 is 9.92. The Balaban J connectivity index is 2.72. The molecule has 4 heteroatoms. The Labute approximate surface area is 102 Å². The zero-order valence-corrected chi connectivity index (χ0v) is 10.8. The van der Waals surface area contributed by atoms with E-state index >= 15 is 0 Å². The van der Waals surface area contributed by atoms with Crippen LogP contribution in [0.15, 0.2) is 12.1 Å². The second kappa shape index (κ2) is 6.13. The molecular formula is C13H19NO3. The number of rotatable bonds is 5. The number of hydrogen-bond donors (Lipinski definition) is 1. The lowest BCUT2D eigenvalue weighted by Gasteiger charge is -2.14. The van der Waals surface area contributed by atoms with E-state index in [1.807, 2.05) is 19.9 Å². The number of ether oxygens (including phenoxy) is 2. The molecule has 0 radical (unpaired) electrons. The Hall–Kier alpha value is -1.71. The Bertz CT molecular complexity index is 402. The van der Waals surface area contributed by atoms with Crippen LogP contribution < -0.4 is 10.1 Å². The second-order valence-electron chi connectivity index (χ2n) is 3.92. The van der Waals surface area contributed by atoms with Gasteiger partial charge in [0.05, 0.1) is 26.3 Å². The van der Waals surface area contributed by atoms with Gasteiger partial charge in [-0.2, -0.15) is 0 Å². The summed E-state index contributed by atoms with van der Waals surface area (Å²) >= 11 is 0. The van der Waals surface area contributed by atoms with Crippen LogP contribution in [0.1, 0.15) is 17.5 Å². The Morgan fingerprint density at radius 2 is 2.00 bits per heavy atom. The lowest BCUT2D eigenvalue weighted by molar-refractivity contribution is -0.140. The van der Waals surface area contributed by atoms with Gasteiger partial charge < -0.3 is 14.8 Å². The zero-order valence-electron chi connectivity index (χ0n) is 10.8. The number of methoxy groups -OCH3 is 2. The van der Waals surface area contributed by atoms with E-state index in [0.717, 1.165) is 22.6 Å². The number of esters is 1. The highest BCUT2D eigenvalue weighted by molar-refractivity contribution is 5.70. The summed E-state index contributed by atoms with van der Waals surface area (Å²) in [6.07, 6.45) is 0.340. The molecule has 0 atom stereocenters. The number of anilines is 1. The predicted octanol–water partition coefficient (Wildman–Crippen LogP) is 2.29. The van der Waals surface area contributed by atoms with E-state index in [4.69, 9.17) is 4.74 Å². The first-order valence-corrected chi connectivity index (χ1v) is 5.54. The molecule has 0 bridgehead atoms. The molecule has 0 amide bonds. The number of hydrogen-bond acceptors (Lipinski definition) is 4. The van der Waals surface area contributed by atoms with Gasteiger partial charge in [0.1, 0.15) is 5.75 Å². The molecule has 0 spiro atoms. The average Bonchev–Trinajstić information content (AvgIpc) is 2.28. The molecule has 0 aliphatic carbocycles. The average molecular weight is 237 g/mol. The molecule has 0 aromatic heterocycles. The van der Waals surface area contributed by atoms with Crippen LogP contribution in [-0.4, -0.2) is 26.7 Å². The van der Waals surface area contributed by atoms with Crippen LogP contribution in [0.3, 0.4) is 0 Å². The van der Waals surface area contributed by atoms with E-state index in [-0.39, 0.29) is 5.97 Å². The molecule has 1 aromatic rings. The molecule has 1 rings (SSSR count). The second-order valence-corrected chi connectivity index (χ2v) is 3.92. The Morgan fingerprint density at radius 3 is 2.59 bits per heavy atom. The third-order valence-corrected chi connectivity index (χ3v) is 2.50. The minimum atomic E-state index is -0.221. The SMILES string of the molecule is COC(=O)CCNc1cc(C)cc(C)c1OC. The number of aryl methyl sites for hydroxylation is 2. The molecule has 0 fully saturated rings. The fourth-order valence-corrected chi connectivity index (χ4v) is 1.76. The minimum Gasteiger partial charge on any atom is -0.494 e. The van der Waals surface area contributed by atoms with Crippen molar-refractivity contribution in [1.82, 2.24) is 0 Å². The minimum absolute atomic E-state index is 0.221. The largest absolute Gasteiger partial charge is 0.494 e. The van der Waals surface area contributed by atoms with Gasteiger partial charge in [0, 0.05) is 6.54 Å². The molecule has 4 nitrogen and oxygen atoms in total. The van der Waals surface area contributed by atoms with Crippen LogP contribution in [0.4, 0.5) is 5.69 Å². The molecule has 1 N–H and O–H groups in total. The van der Waals surface area contributed by atoms with Gasteiger partial charge in [0.25, 0.3) is 0 Å². The van der Waals surface area contributed by atoms with Gasteiger partial charge in [-0.05, 0) is 31.0 Å². The predicted molar refractivity (Wildman–Crippen MR) is 67.6 cm³/mol. The smallest absolute Gasteiger partial charge is 0.307 e. The van der Waals surface area contributed by atoms with Gasteiger partial charge in [-0.1, -0.05) is 6.07 Å². The Morgan fingerprint density at radius 1 is 1.29 bits per heavy atom. The lowest BCUT2D eigenvalue weighted by Crippen LogP contribution is -2.10. The van der Waals surface area contributed by atoms with Crippen molar-refractivity contribution in [2.45, 2.75) is 20.3 Å². The van der Waals surface area contributed by atoms with Crippen LogP contribution in [-0.2, 0) is 9.53 Å². The molecule has 0 aliphatic rings. The molecule has 0 saturated carbocycles. The first kappa shape index (κ1) is 13.4. The summed E-state index contributed by atoms with van der Waals surface area (Å²) in [5.74, 6) is 0.598. The van der Waals surface area contributed by atoms with Crippen LogP contribution in [0, 0.1) is 13.8 Å². The maximum Gasteiger partial charge on any atom is 0.307 e. The lowest BCUT2D eigenvalue weighted by atomic mass is 10.1. The van der Waals surface area contributed by atoms with Crippen molar-refractivity contribution in [3.05, 3.63) is 23.3 Å². The summed E-state index contributed by atoms with van der Waals surface area (Å²) in [6, 6.07) is 4.06.